The first-order valence-corrected chi connectivity index (χ1v) is 10.1. The Labute approximate surface area is 169 Å². The van der Waals surface area contributed by atoms with Gasteiger partial charge < -0.3 is 25.4 Å². The Morgan fingerprint density at radius 2 is 2.11 bits per heavy atom. The molecule has 3 N–H and O–H groups in total. The van der Waals surface area contributed by atoms with Gasteiger partial charge in [0.25, 0.3) is 5.91 Å². The summed E-state index contributed by atoms with van der Waals surface area (Å²) in [4.78, 5) is 16.2. The number of rotatable bonds is 10. The first-order chi connectivity index (χ1) is 13.2. The number of aliphatic imine (C=N–C) groups is 1. The van der Waals surface area contributed by atoms with Gasteiger partial charge in [0.2, 0.25) is 0 Å². The number of ether oxygens (including phenoxy) is 2. The molecule has 8 heteroatoms. The highest BCUT2D eigenvalue weighted by molar-refractivity contribution is 9.10. The molecule has 0 aliphatic carbocycles. The van der Waals surface area contributed by atoms with Gasteiger partial charge >= 0.3 is 0 Å². The zero-order valence-corrected chi connectivity index (χ0v) is 17.4. The minimum atomic E-state index is -0.0918. The van der Waals surface area contributed by atoms with Crippen molar-refractivity contribution in [1.29, 1.82) is 0 Å². The van der Waals surface area contributed by atoms with Gasteiger partial charge in [-0.1, -0.05) is 22.0 Å². The zero-order chi connectivity index (χ0) is 19.3. The Morgan fingerprint density at radius 3 is 2.85 bits per heavy atom. The monoisotopic (exact) mass is 440 g/mol. The van der Waals surface area contributed by atoms with Gasteiger partial charge in [-0.15, -0.1) is 0 Å². The van der Waals surface area contributed by atoms with Crippen LogP contribution in [0.4, 0.5) is 0 Å². The lowest BCUT2D eigenvalue weighted by Crippen LogP contribution is -2.42. The summed E-state index contributed by atoms with van der Waals surface area (Å²) in [7, 11) is 1.73. The molecule has 2 rings (SSSR count). The molecule has 7 nitrogen and oxygen atoms in total. The van der Waals surface area contributed by atoms with Gasteiger partial charge in [-0.05, 0) is 31.0 Å². The number of carbonyl (C=O) groups excluding carboxylic acids is 1. The summed E-state index contributed by atoms with van der Waals surface area (Å²) >= 11 is 3.37. The molecule has 0 bridgehead atoms. The molecule has 1 aromatic carbocycles. The lowest BCUT2D eigenvalue weighted by molar-refractivity contribution is 0.0887. The van der Waals surface area contributed by atoms with Crippen molar-refractivity contribution in [2.75, 3.05) is 53.1 Å². The molecular weight excluding hydrogens is 412 g/mol. The minimum Gasteiger partial charge on any atom is -0.381 e. The van der Waals surface area contributed by atoms with Crippen molar-refractivity contribution in [3.05, 3.63) is 34.3 Å². The van der Waals surface area contributed by atoms with Gasteiger partial charge in [-0.3, -0.25) is 9.79 Å². The van der Waals surface area contributed by atoms with E-state index in [2.05, 4.69) is 36.9 Å². The van der Waals surface area contributed by atoms with Crippen LogP contribution in [0, 0.1) is 5.92 Å². The van der Waals surface area contributed by atoms with E-state index in [-0.39, 0.29) is 5.91 Å². The second-order valence-electron chi connectivity index (χ2n) is 6.35. The number of hydrogen-bond donors (Lipinski definition) is 3. The van der Waals surface area contributed by atoms with Crippen LogP contribution in [0.2, 0.25) is 0 Å². The molecular formula is C19H29BrN4O3. The second-order valence-corrected chi connectivity index (χ2v) is 7.27. The van der Waals surface area contributed by atoms with Crippen LogP contribution in [0.3, 0.4) is 0 Å². The number of halogens is 1. The van der Waals surface area contributed by atoms with Crippen LogP contribution in [-0.2, 0) is 9.47 Å². The summed E-state index contributed by atoms with van der Waals surface area (Å²) in [5.74, 6) is 1.18. The zero-order valence-electron chi connectivity index (χ0n) is 15.8. The Morgan fingerprint density at radius 1 is 1.30 bits per heavy atom. The highest BCUT2D eigenvalue weighted by Crippen LogP contribution is 2.12. The van der Waals surface area contributed by atoms with Crippen molar-refractivity contribution in [2.45, 2.75) is 12.8 Å². The second kappa shape index (κ2) is 12.7. The van der Waals surface area contributed by atoms with Gasteiger partial charge in [0, 0.05) is 55.8 Å². The van der Waals surface area contributed by atoms with Gasteiger partial charge in [-0.2, -0.15) is 0 Å². The van der Waals surface area contributed by atoms with E-state index in [1.807, 2.05) is 12.1 Å². The van der Waals surface area contributed by atoms with Crippen LogP contribution >= 0.6 is 15.9 Å². The average molecular weight is 441 g/mol. The van der Waals surface area contributed by atoms with Crippen LogP contribution < -0.4 is 16.0 Å². The van der Waals surface area contributed by atoms with Crippen molar-refractivity contribution in [3.8, 4) is 0 Å². The van der Waals surface area contributed by atoms with Gasteiger partial charge in [0.1, 0.15) is 0 Å². The molecule has 1 atom stereocenters. The third kappa shape index (κ3) is 8.73. The molecule has 1 aromatic rings. The number of nitrogens with one attached hydrogen (secondary N) is 3. The van der Waals surface area contributed by atoms with E-state index in [0.29, 0.717) is 24.6 Å². The molecule has 1 unspecified atom stereocenters. The predicted octanol–water partition coefficient (Wildman–Crippen LogP) is 1.79. The Bertz CT molecular complexity index is 606. The Hall–Kier alpha value is -1.64. The molecule has 1 saturated heterocycles. The van der Waals surface area contributed by atoms with E-state index < -0.39 is 0 Å². The van der Waals surface area contributed by atoms with Crippen molar-refractivity contribution >= 4 is 27.8 Å². The highest BCUT2D eigenvalue weighted by Gasteiger charge is 2.15. The van der Waals surface area contributed by atoms with Crippen molar-refractivity contribution in [2.24, 2.45) is 10.9 Å². The maximum atomic E-state index is 12.1. The van der Waals surface area contributed by atoms with Crippen LogP contribution in [-0.4, -0.2) is 65.0 Å². The van der Waals surface area contributed by atoms with E-state index in [9.17, 15) is 4.79 Å². The van der Waals surface area contributed by atoms with Gasteiger partial charge in [0.15, 0.2) is 5.96 Å². The molecule has 27 heavy (non-hydrogen) atoms. The van der Waals surface area contributed by atoms with Gasteiger partial charge in [0.05, 0.1) is 13.2 Å². The molecule has 0 spiro atoms. The van der Waals surface area contributed by atoms with E-state index in [0.717, 1.165) is 56.2 Å². The fraction of sp³-hybridized carbons (Fsp3) is 0.579. The normalized spacial score (nSPS) is 17.0. The Kier molecular flexibility index (Phi) is 10.2. The molecule has 1 aliphatic rings. The smallest absolute Gasteiger partial charge is 0.251 e. The molecule has 0 saturated carbocycles. The SMILES string of the molecule is CN=C(NCCCOCC1CCOC1)NCCNC(=O)c1cccc(Br)c1. The number of guanidine groups is 1. The lowest BCUT2D eigenvalue weighted by Gasteiger charge is -2.13. The molecule has 1 aliphatic heterocycles. The van der Waals surface area contributed by atoms with Crippen LogP contribution in [0.1, 0.15) is 23.2 Å². The number of amides is 1. The maximum Gasteiger partial charge on any atom is 0.251 e. The first-order valence-electron chi connectivity index (χ1n) is 9.33. The quantitative estimate of drug-likeness (QED) is 0.293. The van der Waals surface area contributed by atoms with Crippen molar-refractivity contribution in [1.82, 2.24) is 16.0 Å². The third-order valence-electron chi connectivity index (χ3n) is 4.15. The van der Waals surface area contributed by atoms with E-state index in [1.54, 1.807) is 19.2 Å². The lowest BCUT2D eigenvalue weighted by atomic mass is 10.1. The number of benzene rings is 1. The number of nitrogens with zero attached hydrogens (tertiary/aromatic N) is 1. The standard InChI is InChI=1S/C19H29BrN4O3/c1-21-19(23-7-3-10-26-13-15-6-11-27-14-15)24-9-8-22-18(25)16-4-2-5-17(20)12-16/h2,4-5,12,15H,3,6-11,13-14H2,1H3,(H,22,25)(H2,21,23,24). The number of carbonyl (C=O) groups is 1. The molecule has 1 amide bonds. The molecule has 1 fully saturated rings. The highest BCUT2D eigenvalue weighted by atomic mass is 79.9. The average Bonchev–Trinajstić information content (AvgIpc) is 3.19. The molecule has 0 aromatic heterocycles. The van der Waals surface area contributed by atoms with E-state index in [4.69, 9.17) is 9.47 Å². The summed E-state index contributed by atoms with van der Waals surface area (Å²) in [5.41, 5.74) is 0.635. The van der Waals surface area contributed by atoms with Gasteiger partial charge in [-0.25, -0.2) is 0 Å². The van der Waals surface area contributed by atoms with E-state index >= 15 is 0 Å². The van der Waals surface area contributed by atoms with Crippen molar-refractivity contribution < 1.29 is 14.3 Å². The topological polar surface area (TPSA) is 84.0 Å². The first kappa shape index (κ1) is 21.7. The largest absolute Gasteiger partial charge is 0.381 e. The summed E-state index contributed by atoms with van der Waals surface area (Å²) < 4.78 is 11.9. The predicted molar refractivity (Wildman–Crippen MR) is 110 cm³/mol. The summed E-state index contributed by atoms with van der Waals surface area (Å²) in [5, 5.41) is 9.30. The van der Waals surface area contributed by atoms with Crippen LogP contribution in [0.5, 0.6) is 0 Å². The molecule has 1 heterocycles. The molecule has 150 valence electrons. The maximum absolute atomic E-state index is 12.1. The van der Waals surface area contributed by atoms with Crippen LogP contribution in [0.25, 0.3) is 0 Å². The minimum absolute atomic E-state index is 0.0918. The fourth-order valence-corrected chi connectivity index (χ4v) is 3.05. The summed E-state index contributed by atoms with van der Waals surface area (Å²) in [6, 6.07) is 7.32. The summed E-state index contributed by atoms with van der Waals surface area (Å²) in [6.45, 7) is 5.09. The number of hydrogen-bond acceptors (Lipinski definition) is 4. The van der Waals surface area contributed by atoms with Crippen molar-refractivity contribution in [3.63, 3.8) is 0 Å². The van der Waals surface area contributed by atoms with E-state index in [1.165, 1.54) is 0 Å². The Balaban J connectivity index is 1.50. The fourth-order valence-electron chi connectivity index (χ4n) is 2.66. The molecule has 0 radical (unpaired) electrons. The third-order valence-corrected chi connectivity index (χ3v) is 4.64. The summed E-state index contributed by atoms with van der Waals surface area (Å²) in [6.07, 6.45) is 2.01. The van der Waals surface area contributed by atoms with Crippen LogP contribution in [0.15, 0.2) is 33.7 Å².